The maximum Gasteiger partial charge on any atom is 0.107 e. The molecular weight excluding hydrogens is 278 g/mol. The largest absolute Gasteiger partial charge is 0.382 e. The van der Waals surface area contributed by atoms with Gasteiger partial charge in [0.25, 0.3) is 0 Å². The SMILES string of the molecule is COCCOC(c1cc(Br)cs1)C(C)N. The first-order chi connectivity index (χ1) is 7.15. The van der Waals surface area contributed by atoms with E-state index in [-0.39, 0.29) is 12.1 Å². The van der Waals surface area contributed by atoms with Crippen molar-refractivity contribution in [3.05, 3.63) is 20.8 Å². The van der Waals surface area contributed by atoms with Crippen molar-refractivity contribution < 1.29 is 9.47 Å². The lowest BCUT2D eigenvalue weighted by molar-refractivity contribution is 0.00796. The topological polar surface area (TPSA) is 44.5 Å². The van der Waals surface area contributed by atoms with Crippen molar-refractivity contribution in [2.45, 2.75) is 19.1 Å². The van der Waals surface area contributed by atoms with Crippen LogP contribution in [-0.4, -0.2) is 26.4 Å². The van der Waals surface area contributed by atoms with E-state index in [9.17, 15) is 0 Å². The van der Waals surface area contributed by atoms with E-state index in [1.165, 1.54) is 0 Å². The fraction of sp³-hybridized carbons (Fsp3) is 0.600. The summed E-state index contributed by atoms with van der Waals surface area (Å²) >= 11 is 5.07. The second kappa shape index (κ2) is 6.60. The Labute approximate surface area is 103 Å². The quantitative estimate of drug-likeness (QED) is 0.820. The minimum Gasteiger partial charge on any atom is -0.382 e. The standard InChI is InChI=1S/C10H16BrNO2S/c1-7(12)10(14-4-3-13-2)9-5-8(11)6-15-9/h5-7,10H,3-4,12H2,1-2H3. The molecule has 2 N–H and O–H groups in total. The van der Waals surface area contributed by atoms with Gasteiger partial charge in [-0.2, -0.15) is 0 Å². The summed E-state index contributed by atoms with van der Waals surface area (Å²) in [5.74, 6) is 0. The molecule has 0 spiro atoms. The van der Waals surface area contributed by atoms with Crippen LogP contribution in [0.15, 0.2) is 15.9 Å². The second-order valence-electron chi connectivity index (χ2n) is 3.31. The van der Waals surface area contributed by atoms with Gasteiger partial charge in [0.05, 0.1) is 13.2 Å². The maximum atomic E-state index is 5.89. The molecule has 0 saturated carbocycles. The zero-order valence-corrected chi connectivity index (χ0v) is 11.3. The molecule has 0 aliphatic heterocycles. The molecule has 0 aliphatic carbocycles. The molecule has 0 aliphatic rings. The molecule has 3 nitrogen and oxygen atoms in total. The van der Waals surface area contributed by atoms with Crippen LogP contribution in [0.3, 0.4) is 0 Å². The highest BCUT2D eigenvalue weighted by Gasteiger charge is 2.18. The molecule has 0 saturated heterocycles. The lowest BCUT2D eigenvalue weighted by Crippen LogP contribution is -2.27. The Kier molecular flexibility index (Phi) is 5.78. The van der Waals surface area contributed by atoms with Crippen LogP contribution in [0.2, 0.25) is 0 Å². The number of nitrogens with two attached hydrogens (primary N) is 1. The molecular formula is C10H16BrNO2S. The molecule has 15 heavy (non-hydrogen) atoms. The zero-order valence-electron chi connectivity index (χ0n) is 8.90. The van der Waals surface area contributed by atoms with Crippen LogP contribution in [0.1, 0.15) is 17.9 Å². The molecule has 86 valence electrons. The zero-order chi connectivity index (χ0) is 11.3. The molecule has 0 bridgehead atoms. The van der Waals surface area contributed by atoms with E-state index in [4.69, 9.17) is 15.2 Å². The van der Waals surface area contributed by atoms with Crippen LogP contribution in [0.5, 0.6) is 0 Å². The minimum atomic E-state index is -0.0450. The van der Waals surface area contributed by atoms with Gasteiger partial charge in [0.2, 0.25) is 0 Å². The van der Waals surface area contributed by atoms with E-state index < -0.39 is 0 Å². The molecule has 5 heteroatoms. The molecule has 0 amide bonds. The van der Waals surface area contributed by atoms with Gasteiger partial charge in [-0.15, -0.1) is 11.3 Å². The minimum absolute atomic E-state index is 0.0209. The Morgan fingerprint density at radius 3 is 2.73 bits per heavy atom. The van der Waals surface area contributed by atoms with Crippen molar-refractivity contribution in [3.63, 3.8) is 0 Å². The van der Waals surface area contributed by atoms with Crippen molar-refractivity contribution in [2.24, 2.45) is 5.73 Å². The summed E-state index contributed by atoms with van der Waals surface area (Å²) < 4.78 is 11.7. The first-order valence-electron chi connectivity index (χ1n) is 4.75. The fourth-order valence-electron chi connectivity index (χ4n) is 1.23. The Balaban J connectivity index is 2.58. The van der Waals surface area contributed by atoms with Gasteiger partial charge in [-0.05, 0) is 28.9 Å². The van der Waals surface area contributed by atoms with E-state index >= 15 is 0 Å². The molecule has 1 aromatic heterocycles. The highest BCUT2D eigenvalue weighted by atomic mass is 79.9. The average Bonchev–Trinajstić information content (AvgIpc) is 2.59. The lowest BCUT2D eigenvalue weighted by atomic mass is 10.1. The smallest absolute Gasteiger partial charge is 0.107 e. The number of ether oxygens (including phenoxy) is 2. The van der Waals surface area contributed by atoms with Crippen LogP contribution in [-0.2, 0) is 9.47 Å². The number of hydrogen-bond donors (Lipinski definition) is 1. The third-order valence-corrected chi connectivity index (χ3v) is 3.69. The number of halogens is 1. The molecule has 2 unspecified atom stereocenters. The molecule has 0 aromatic carbocycles. The summed E-state index contributed by atoms with van der Waals surface area (Å²) in [6.07, 6.45) is -0.0450. The Morgan fingerprint density at radius 1 is 1.53 bits per heavy atom. The third kappa shape index (κ3) is 4.20. The summed E-state index contributed by atoms with van der Waals surface area (Å²) in [5.41, 5.74) is 5.89. The van der Waals surface area contributed by atoms with E-state index in [1.807, 2.05) is 18.4 Å². The lowest BCUT2D eigenvalue weighted by Gasteiger charge is -2.19. The van der Waals surface area contributed by atoms with Crippen molar-refractivity contribution in [3.8, 4) is 0 Å². The van der Waals surface area contributed by atoms with E-state index in [0.717, 1.165) is 9.35 Å². The Morgan fingerprint density at radius 2 is 2.27 bits per heavy atom. The van der Waals surface area contributed by atoms with Gasteiger partial charge in [-0.25, -0.2) is 0 Å². The third-order valence-electron chi connectivity index (χ3n) is 1.93. The van der Waals surface area contributed by atoms with Gasteiger partial charge in [-0.1, -0.05) is 0 Å². The van der Waals surface area contributed by atoms with Crippen LogP contribution < -0.4 is 5.73 Å². The molecule has 1 heterocycles. The highest BCUT2D eigenvalue weighted by Crippen LogP contribution is 2.29. The van der Waals surface area contributed by atoms with Gasteiger partial charge in [-0.3, -0.25) is 0 Å². The van der Waals surface area contributed by atoms with Crippen molar-refractivity contribution in [1.29, 1.82) is 0 Å². The van der Waals surface area contributed by atoms with Gasteiger partial charge in [0.15, 0.2) is 0 Å². The number of rotatable bonds is 6. The van der Waals surface area contributed by atoms with Gasteiger partial charge in [0, 0.05) is 27.9 Å². The monoisotopic (exact) mass is 293 g/mol. The molecule has 0 fully saturated rings. The summed E-state index contributed by atoms with van der Waals surface area (Å²) in [7, 11) is 1.66. The highest BCUT2D eigenvalue weighted by molar-refractivity contribution is 9.10. The molecule has 0 radical (unpaired) electrons. The Bertz CT molecular complexity index is 291. The molecule has 1 rings (SSSR count). The van der Waals surface area contributed by atoms with Crippen LogP contribution >= 0.6 is 27.3 Å². The Hall–Kier alpha value is 0.0600. The van der Waals surface area contributed by atoms with E-state index in [0.29, 0.717) is 13.2 Å². The van der Waals surface area contributed by atoms with Crippen LogP contribution in [0.25, 0.3) is 0 Å². The average molecular weight is 294 g/mol. The summed E-state index contributed by atoms with van der Waals surface area (Å²) in [4.78, 5) is 1.15. The second-order valence-corrected chi connectivity index (χ2v) is 5.17. The first-order valence-corrected chi connectivity index (χ1v) is 6.42. The first kappa shape index (κ1) is 13.1. The molecule has 2 atom stereocenters. The molecule has 1 aromatic rings. The van der Waals surface area contributed by atoms with Gasteiger partial charge >= 0.3 is 0 Å². The van der Waals surface area contributed by atoms with Crippen LogP contribution in [0.4, 0.5) is 0 Å². The van der Waals surface area contributed by atoms with Crippen molar-refractivity contribution >= 4 is 27.3 Å². The summed E-state index contributed by atoms with van der Waals surface area (Å²) in [5, 5.41) is 2.03. The fourth-order valence-corrected chi connectivity index (χ4v) is 2.84. The maximum absolute atomic E-state index is 5.89. The van der Waals surface area contributed by atoms with Gasteiger partial charge in [0.1, 0.15) is 6.10 Å². The summed E-state index contributed by atoms with van der Waals surface area (Å²) in [6.45, 7) is 3.11. The van der Waals surface area contributed by atoms with Crippen LogP contribution in [0, 0.1) is 0 Å². The normalized spacial score (nSPS) is 15.2. The number of methoxy groups -OCH3 is 1. The number of hydrogen-bond acceptors (Lipinski definition) is 4. The van der Waals surface area contributed by atoms with E-state index in [1.54, 1.807) is 18.4 Å². The summed E-state index contributed by atoms with van der Waals surface area (Å²) in [6, 6.07) is 2.03. The van der Waals surface area contributed by atoms with Gasteiger partial charge < -0.3 is 15.2 Å². The number of thiophene rings is 1. The predicted octanol–water partition coefficient (Wildman–Crippen LogP) is 2.56. The predicted molar refractivity (Wildman–Crippen MR) is 66.2 cm³/mol. The van der Waals surface area contributed by atoms with Crippen molar-refractivity contribution in [1.82, 2.24) is 0 Å². The van der Waals surface area contributed by atoms with Crippen molar-refractivity contribution in [2.75, 3.05) is 20.3 Å². The van der Waals surface area contributed by atoms with E-state index in [2.05, 4.69) is 15.9 Å².